The number of ether oxygens (including phenoxy) is 1. The number of nitrogens with two attached hydrogens (primary N) is 1. The minimum Gasteiger partial charge on any atom is -0.496 e. The van der Waals surface area contributed by atoms with E-state index < -0.39 is 11.9 Å². The van der Waals surface area contributed by atoms with Gasteiger partial charge in [0.1, 0.15) is 5.75 Å². The molecule has 0 heterocycles. The maximum absolute atomic E-state index is 11.8. The summed E-state index contributed by atoms with van der Waals surface area (Å²) in [6, 6.07) is 2.82. The van der Waals surface area contributed by atoms with Gasteiger partial charge in [-0.05, 0) is 6.07 Å². The lowest BCUT2D eigenvalue weighted by Gasteiger charge is -2.10. The van der Waals surface area contributed by atoms with Crippen molar-refractivity contribution < 1.29 is 19.4 Å². The van der Waals surface area contributed by atoms with E-state index in [-0.39, 0.29) is 29.3 Å². The van der Waals surface area contributed by atoms with Crippen molar-refractivity contribution in [3.63, 3.8) is 0 Å². The maximum Gasteiger partial charge on any atom is 0.305 e. The predicted molar refractivity (Wildman–Crippen MR) is 67.0 cm³/mol. The van der Waals surface area contributed by atoms with E-state index in [1.165, 1.54) is 19.2 Å². The molecule has 0 bridgehead atoms. The second-order valence-electron chi connectivity index (χ2n) is 3.47. The maximum atomic E-state index is 11.8. The van der Waals surface area contributed by atoms with E-state index in [2.05, 4.69) is 5.32 Å². The molecule has 1 rings (SSSR count). The van der Waals surface area contributed by atoms with Gasteiger partial charge in [-0.1, -0.05) is 11.6 Å². The van der Waals surface area contributed by atoms with Gasteiger partial charge in [-0.15, -0.1) is 0 Å². The van der Waals surface area contributed by atoms with Crippen LogP contribution in [0.3, 0.4) is 0 Å². The first kappa shape index (κ1) is 14.1. The first-order valence-corrected chi connectivity index (χ1v) is 5.46. The molecule has 0 saturated carbocycles. The van der Waals surface area contributed by atoms with E-state index >= 15 is 0 Å². The van der Waals surface area contributed by atoms with Crippen LogP contribution < -0.4 is 15.8 Å². The monoisotopic (exact) mass is 272 g/mol. The Bertz CT molecular complexity index is 476. The summed E-state index contributed by atoms with van der Waals surface area (Å²) in [4.78, 5) is 22.1. The molecular formula is C11H13ClN2O4. The molecule has 0 saturated heterocycles. The lowest BCUT2D eigenvalue weighted by Crippen LogP contribution is -2.26. The van der Waals surface area contributed by atoms with Crippen LogP contribution in [0.25, 0.3) is 0 Å². The molecule has 0 spiro atoms. The normalized spacial score (nSPS) is 9.89. The van der Waals surface area contributed by atoms with Crippen molar-refractivity contribution in [1.29, 1.82) is 0 Å². The third-order valence-electron chi connectivity index (χ3n) is 2.19. The molecule has 0 radical (unpaired) electrons. The van der Waals surface area contributed by atoms with Crippen LogP contribution >= 0.6 is 11.6 Å². The van der Waals surface area contributed by atoms with E-state index in [1.54, 1.807) is 0 Å². The number of carboxylic acids is 1. The Morgan fingerprint density at radius 2 is 2.17 bits per heavy atom. The second-order valence-corrected chi connectivity index (χ2v) is 3.88. The number of hydrogen-bond donors (Lipinski definition) is 3. The summed E-state index contributed by atoms with van der Waals surface area (Å²) in [5.41, 5.74) is 6.10. The van der Waals surface area contributed by atoms with Gasteiger partial charge in [-0.2, -0.15) is 0 Å². The molecule has 0 aromatic heterocycles. The van der Waals surface area contributed by atoms with E-state index in [1.807, 2.05) is 0 Å². The zero-order chi connectivity index (χ0) is 13.7. The number of nitrogens with one attached hydrogen (secondary N) is 1. The van der Waals surface area contributed by atoms with Crippen LogP contribution in [0.5, 0.6) is 5.75 Å². The summed E-state index contributed by atoms with van der Waals surface area (Å²) in [6.45, 7) is 0.0271. The van der Waals surface area contributed by atoms with Gasteiger partial charge in [-0.25, -0.2) is 0 Å². The Labute approximate surface area is 109 Å². The predicted octanol–water partition coefficient (Wildman–Crippen LogP) is 1.14. The Morgan fingerprint density at radius 1 is 1.50 bits per heavy atom. The molecule has 0 atom stereocenters. The quantitative estimate of drug-likeness (QED) is 0.698. The molecule has 0 fully saturated rings. The first-order chi connectivity index (χ1) is 8.45. The van der Waals surface area contributed by atoms with Crippen molar-refractivity contribution in [2.45, 2.75) is 6.42 Å². The van der Waals surface area contributed by atoms with E-state index in [0.717, 1.165) is 0 Å². The zero-order valence-corrected chi connectivity index (χ0v) is 10.5. The fraction of sp³-hybridized carbons (Fsp3) is 0.273. The number of hydrogen-bond acceptors (Lipinski definition) is 4. The molecule has 98 valence electrons. The highest BCUT2D eigenvalue weighted by Gasteiger charge is 2.14. The van der Waals surface area contributed by atoms with Crippen LogP contribution in [-0.4, -0.2) is 30.6 Å². The number of anilines is 1. The minimum absolute atomic E-state index is 0.0271. The molecular weight excluding hydrogens is 260 g/mol. The standard InChI is InChI=1S/C11H13ClN2O4/c1-18-9-5-8(13)7(12)4-6(9)11(17)14-3-2-10(15)16/h4-5H,2-3,13H2,1H3,(H,14,17)(H,15,16). The number of nitrogen functional groups attached to an aromatic ring is 1. The highest BCUT2D eigenvalue weighted by molar-refractivity contribution is 6.33. The Kier molecular flexibility index (Phi) is 4.79. The van der Waals surface area contributed by atoms with Crippen molar-refractivity contribution >= 4 is 29.2 Å². The van der Waals surface area contributed by atoms with E-state index in [4.69, 9.17) is 27.2 Å². The number of aliphatic carboxylic acids is 1. The lowest BCUT2D eigenvalue weighted by molar-refractivity contribution is -0.136. The molecule has 1 amide bonds. The van der Waals surface area contributed by atoms with Gasteiger partial charge in [0, 0.05) is 12.6 Å². The summed E-state index contributed by atoms with van der Waals surface area (Å²) in [7, 11) is 1.40. The van der Waals surface area contributed by atoms with Gasteiger partial charge >= 0.3 is 5.97 Å². The van der Waals surface area contributed by atoms with Crippen LogP contribution in [0.1, 0.15) is 16.8 Å². The van der Waals surface area contributed by atoms with Crippen LogP contribution in [0.15, 0.2) is 12.1 Å². The molecule has 18 heavy (non-hydrogen) atoms. The third-order valence-corrected chi connectivity index (χ3v) is 2.52. The Morgan fingerprint density at radius 3 is 2.72 bits per heavy atom. The minimum atomic E-state index is -0.988. The zero-order valence-electron chi connectivity index (χ0n) is 9.70. The fourth-order valence-electron chi connectivity index (χ4n) is 1.29. The summed E-state index contributed by atoms with van der Waals surface area (Å²) in [5.74, 6) is -1.17. The number of benzene rings is 1. The van der Waals surface area contributed by atoms with Crippen molar-refractivity contribution in [1.82, 2.24) is 5.32 Å². The van der Waals surface area contributed by atoms with Gasteiger partial charge in [0.05, 0.1) is 29.8 Å². The van der Waals surface area contributed by atoms with Crippen LogP contribution in [0.4, 0.5) is 5.69 Å². The molecule has 7 heteroatoms. The number of halogens is 1. The van der Waals surface area contributed by atoms with Gasteiger partial charge < -0.3 is 20.9 Å². The van der Waals surface area contributed by atoms with Crippen LogP contribution in [0, 0.1) is 0 Å². The molecule has 0 unspecified atom stereocenters. The molecule has 1 aromatic rings. The topological polar surface area (TPSA) is 102 Å². The molecule has 6 nitrogen and oxygen atoms in total. The molecule has 1 aromatic carbocycles. The van der Waals surface area contributed by atoms with Gasteiger partial charge in [0.25, 0.3) is 5.91 Å². The molecule has 4 N–H and O–H groups in total. The highest BCUT2D eigenvalue weighted by atomic mass is 35.5. The number of carboxylic acid groups (broad SMARTS) is 1. The summed E-state index contributed by atoms with van der Waals surface area (Å²) in [5, 5.41) is 11.2. The van der Waals surface area contributed by atoms with Crippen molar-refractivity contribution in [2.24, 2.45) is 0 Å². The van der Waals surface area contributed by atoms with E-state index in [9.17, 15) is 9.59 Å². The smallest absolute Gasteiger partial charge is 0.305 e. The number of carbonyl (C=O) groups is 2. The Hall–Kier alpha value is -1.95. The average molecular weight is 273 g/mol. The molecule has 0 aliphatic heterocycles. The van der Waals surface area contributed by atoms with Gasteiger partial charge in [0.2, 0.25) is 0 Å². The SMILES string of the molecule is COc1cc(N)c(Cl)cc1C(=O)NCCC(=O)O. The lowest BCUT2D eigenvalue weighted by atomic mass is 10.1. The fourth-order valence-corrected chi connectivity index (χ4v) is 1.46. The number of amides is 1. The summed E-state index contributed by atoms with van der Waals surface area (Å²) in [6.07, 6.45) is -0.156. The van der Waals surface area contributed by atoms with Gasteiger partial charge in [0.15, 0.2) is 0 Å². The van der Waals surface area contributed by atoms with Crippen LogP contribution in [0.2, 0.25) is 5.02 Å². The first-order valence-electron chi connectivity index (χ1n) is 5.08. The highest BCUT2D eigenvalue weighted by Crippen LogP contribution is 2.28. The van der Waals surface area contributed by atoms with E-state index in [0.29, 0.717) is 5.69 Å². The van der Waals surface area contributed by atoms with Crippen molar-refractivity contribution in [2.75, 3.05) is 19.4 Å². The summed E-state index contributed by atoms with van der Waals surface area (Å²) >= 11 is 5.82. The molecule has 0 aliphatic carbocycles. The van der Waals surface area contributed by atoms with Gasteiger partial charge in [-0.3, -0.25) is 9.59 Å². The Balaban J connectivity index is 2.84. The summed E-state index contributed by atoms with van der Waals surface area (Å²) < 4.78 is 5.01. The number of methoxy groups -OCH3 is 1. The molecule has 0 aliphatic rings. The van der Waals surface area contributed by atoms with Crippen molar-refractivity contribution in [3.05, 3.63) is 22.7 Å². The average Bonchev–Trinajstić information content (AvgIpc) is 2.31. The van der Waals surface area contributed by atoms with Crippen LogP contribution in [-0.2, 0) is 4.79 Å². The van der Waals surface area contributed by atoms with Crippen molar-refractivity contribution in [3.8, 4) is 5.75 Å². The largest absolute Gasteiger partial charge is 0.496 e. The third kappa shape index (κ3) is 3.53. The number of carbonyl (C=O) groups excluding carboxylic acids is 1. The number of rotatable bonds is 5. The second kappa shape index (κ2) is 6.11.